The van der Waals surface area contributed by atoms with Crippen molar-refractivity contribution < 1.29 is 9.53 Å². The monoisotopic (exact) mass is 264 g/mol. The average Bonchev–Trinajstić information content (AvgIpc) is 2.45. The van der Waals surface area contributed by atoms with Crippen molar-refractivity contribution in [3.63, 3.8) is 0 Å². The van der Waals surface area contributed by atoms with Gasteiger partial charge in [0, 0.05) is 19.6 Å². The lowest BCUT2D eigenvalue weighted by Gasteiger charge is -2.32. The normalized spacial score (nSPS) is 20.2. The van der Waals surface area contributed by atoms with E-state index in [2.05, 4.69) is 22.1 Å². The molecule has 1 saturated heterocycles. The van der Waals surface area contributed by atoms with Crippen LogP contribution in [0.3, 0.4) is 0 Å². The molecule has 6 heteroatoms. The van der Waals surface area contributed by atoms with Gasteiger partial charge in [0.15, 0.2) is 0 Å². The number of aromatic nitrogens is 1. The van der Waals surface area contributed by atoms with E-state index in [1.165, 1.54) is 0 Å². The van der Waals surface area contributed by atoms with Crippen LogP contribution in [0, 0.1) is 0 Å². The van der Waals surface area contributed by atoms with Crippen LogP contribution in [-0.4, -0.2) is 54.7 Å². The summed E-state index contributed by atoms with van der Waals surface area (Å²) in [5, 5.41) is 2.83. The van der Waals surface area contributed by atoms with E-state index in [0.29, 0.717) is 24.7 Å². The van der Waals surface area contributed by atoms with Gasteiger partial charge in [0.25, 0.3) is 5.91 Å². The number of nitrogens with two attached hydrogens (primary N) is 1. The van der Waals surface area contributed by atoms with Gasteiger partial charge >= 0.3 is 0 Å². The second-order valence-electron chi connectivity index (χ2n) is 4.54. The molecule has 0 aliphatic carbocycles. The Morgan fingerprint density at radius 3 is 3.21 bits per heavy atom. The van der Waals surface area contributed by atoms with Crippen molar-refractivity contribution in [3.05, 3.63) is 23.9 Å². The molecule has 1 fully saturated rings. The second kappa shape index (κ2) is 6.49. The summed E-state index contributed by atoms with van der Waals surface area (Å²) in [7, 11) is 0. The van der Waals surface area contributed by atoms with Gasteiger partial charge in [-0.05, 0) is 18.7 Å². The fourth-order valence-corrected chi connectivity index (χ4v) is 2.07. The molecule has 1 aliphatic heterocycles. The van der Waals surface area contributed by atoms with Crippen LogP contribution in [0.5, 0.6) is 0 Å². The standard InChI is InChI=1S/C13H20N4O2/c1-2-17-6-7-19-10(9-17)8-15-13(18)11-4-3-5-12(14)16-11/h3-5,10H,2,6-9H2,1H3,(H2,14,16)(H,15,18). The maximum atomic E-state index is 11.9. The van der Waals surface area contributed by atoms with E-state index in [4.69, 9.17) is 10.5 Å². The minimum absolute atomic E-state index is 0.0405. The fraction of sp³-hybridized carbons (Fsp3) is 0.538. The average molecular weight is 264 g/mol. The number of amides is 1. The van der Waals surface area contributed by atoms with E-state index in [1.807, 2.05) is 0 Å². The fourth-order valence-electron chi connectivity index (χ4n) is 2.07. The number of carbonyl (C=O) groups excluding carboxylic acids is 1. The molecule has 0 radical (unpaired) electrons. The lowest BCUT2D eigenvalue weighted by Crippen LogP contribution is -2.47. The van der Waals surface area contributed by atoms with Crippen LogP contribution in [0.1, 0.15) is 17.4 Å². The third kappa shape index (κ3) is 3.90. The quantitative estimate of drug-likeness (QED) is 0.807. The highest BCUT2D eigenvalue weighted by atomic mass is 16.5. The molecule has 1 aromatic rings. The molecule has 2 rings (SSSR count). The van der Waals surface area contributed by atoms with Crippen LogP contribution < -0.4 is 11.1 Å². The van der Waals surface area contributed by atoms with Crippen molar-refractivity contribution >= 4 is 11.7 Å². The van der Waals surface area contributed by atoms with Crippen molar-refractivity contribution in [1.82, 2.24) is 15.2 Å². The number of nitrogen functional groups attached to an aromatic ring is 1. The number of nitrogens with one attached hydrogen (secondary N) is 1. The number of ether oxygens (including phenoxy) is 1. The van der Waals surface area contributed by atoms with E-state index in [9.17, 15) is 4.79 Å². The van der Waals surface area contributed by atoms with Gasteiger partial charge in [-0.25, -0.2) is 4.98 Å². The van der Waals surface area contributed by atoms with Crippen LogP contribution in [0.25, 0.3) is 0 Å². The Kier molecular flexibility index (Phi) is 4.70. The van der Waals surface area contributed by atoms with Crippen LogP contribution in [0.4, 0.5) is 5.82 Å². The van der Waals surface area contributed by atoms with E-state index in [-0.39, 0.29) is 12.0 Å². The van der Waals surface area contributed by atoms with Gasteiger partial charge < -0.3 is 15.8 Å². The summed E-state index contributed by atoms with van der Waals surface area (Å²) < 4.78 is 5.62. The van der Waals surface area contributed by atoms with Gasteiger partial charge in [-0.3, -0.25) is 9.69 Å². The first-order valence-electron chi connectivity index (χ1n) is 6.53. The molecule has 1 unspecified atom stereocenters. The molecule has 0 spiro atoms. The lowest BCUT2D eigenvalue weighted by atomic mass is 10.2. The molecule has 1 aromatic heterocycles. The molecule has 0 saturated carbocycles. The Morgan fingerprint density at radius 2 is 2.47 bits per heavy atom. The van der Waals surface area contributed by atoms with Crippen molar-refractivity contribution in [2.45, 2.75) is 13.0 Å². The number of likely N-dealkylation sites (N-methyl/N-ethyl adjacent to an activating group) is 1. The SMILES string of the molecule is CCN1CCOC(CNC(=O)c2cccc(N)n2)C1. The van der Waals surface area contributed by atoms with E-state index in [0.717, 1.165) is 19.6 Å². The lowest BCUT2D eigenvalue weighted by molar-refractivity contribution is -0.0246. The summed E-state index contributed by atoms with van der Waals surface area (Å²) in [6, 6.07) is 5.01. The van der Waals surface area contributed by atoms with Gasteiger partial charge in [-0.2, -0.15) is 0 Å². The molecule has 104 valence electrons. The topological polar surface area (TPSA) is 80.5 Å². The summed E-state index contributed by atoms with van der Waals surface area (Å²) in [5.74, 6) is 0.128. The van der Waals surface area contributed by atoms with Gasteiger partial charge in [-0.1, -0.05) is 13.0 Å². The van der Waals surface area contributed by atoms with Crippen molar-refractivity contribution in [1.29, 1.82) is 0 Å². The third-order valence-electron chi connectivity index (χ3n) is 3.16. The first-order valence-corrected chi connectivity index (χ1v) is 6.53. The summed E-state index contributed by atoms with van der Waals surface area (Å²) in [6.45, 7) is 6.14. The zero-order chi connectivity index (χ0) is 13.7. The first kappa shape index (κ1) is 13.8. The van der Waals surface area contributed by atoms with Crippen LogP contribution in [0.15, 0.2) is 18.2 Å². The summed E-state index contributed by atoms with van der Waals surface area (Å²) in [6.07, 6.45) is 0.0405. The van der Waals surface area contributed by atoms with Crippen molar-refractivity contribution in [2.75, 3.05) is 38.5 Å². The molecular formula is C13H20N4O2. The Balaban J connectivity index is 1.83. The number of rotatable bonds is 4. The van der Waals surface area contributed by atoms with Gasteiger partial charge in [0.1, 0.15) is 11.5 Å². The maximum absolute atomic E-state index is 11.9. The zero-order valence-electron chi connectivity index (χ0n) is 11.1. The molecular weight excluding hydrogens is 244 g/mol. The summed E-state index contributed by atoms with van der Waals surface area (Å²) >= 11 is 0. The minimum atomic E-state index is -0.218. The Labute approximate surface area is 112 Å². The highest BCUT2D eigenvalue weighted by Crippen LogP contribution is 2.05. The smallest absolute Gasteiger partial charge is 0.270 e. The van der Waals surface area contributed by atoms with Crippen LogP contribution in [0.2, 0.25) is 0 Å². The molecule has 1 amide bonds. The van der Waals surface area contributed by atoms with Gasteiger partial charge in [0.05, 0.1) is 12.7 Å². The maximum Gasteiger partial charge on any atom is 0.270 e. The zero-order valence-corrected chi connectivity index (χ0v) is 11.1. The molecule has 0 bridgehead atoms. The van der Waals surface area contributed by atoms with Gasteiger partial charge in [-0.15, -0.1) is 0 Å². The van der Waals surface area contributed by atoms with Crippen LogP contribution in [-0.2, 0) is 4.74 Å². The molecule has 1 aliphatic rings. The number of carbonyl (C=O) groups is 1. The number of pyridine rings is 1. The van der Waals surface area contributed by atoms with Crippen molar-refractivity contribution in [2.24, 2.45) is 0 Å². The third-order valence-corrected chi connectivity index (χ3v) is 3.16. The molecule has 19 heavy (non-hydrogen) atoms. The number of morpholine rings is 1. The first-order chi connectivity index (χ1) is 9.19. The second-order valence-corrected chi connectivity index (χ2v) is 4.54. The Hall–Kier alpha value is -1.66. The Morgan fingerprint density at radius 1 is 1.63 bits per heavy atom. The highest BCUT2D eigenvalue weighted by molar-refractivity contribution is 5.92. The van der Waals surface area contributed by atoms with E-state index < -0.39 is 0 Å². The number of nitrogens with zero attached hydrogens (tertiary/aromatic N) is 2. The molecule has 1 atom stereocenters. The van der Waals surface area contributed by atoms with Crippen molar-refractivity contribution in [3.8, 4) is 0 Å². The predicted molar refractivity (Wildman–Crippen MR) is 72.8 cm³/mol. The number of hydrogen-bond donors (Lipinski definition) is 2. The van der Waals surface area contributed by atoms with E-state index in [1.54, 1.807) is 18.2 Å². The number of anilines is 1. The van der Waals surface area contributed by atoms with Gasteiger partial charge in [0.2, 0.25) is 0 Å². The molecule has 3 N–H and O–H groups in total. The minimum Gasteiger partial charge on any atom is -0.384 e. The predicted octanol–water partition coefficient (Wildman–Crippen LogP) is 0.114. The molecule has 0 aromatic carbocycles. The summed E-state index contributed by atoms with van der Waals surface area (Å²) in [4.78, 5) is 18.2. The largest absolute Gasteiger partial charge is 0.384 e. The Bertz CT molecular complexity index is 438. The van der Waals surface area contributed by atoms with E-state index >= 15 is 0 Å². The van der Waals surface area contributed by atoms with Crippen LogP contribution >= 0.6 is 0 Å². The highest BCUT2D eigenvalue weighted by Gasteiger charge is 2.20. The number of hydrogen-bond acceptors (Lipinski definition) is 5. The molecule has 2 heterocycles. The summed E-state index contributed by atoms with van der Waals surface area (Å²) in [5.41, 5.74) is 5.89. The molecule has 6 nitrogen and oxygen atoms in total.